The summed E-state index contributed by atoms with van der Waals surface area (Å²) in [6, 6.07) is -0.148. The van der Waals surface area contributed by atoms with Crippen LogP contribution in [0.3, 0.4) is 0 Å². The molecule has 1 rings (SSSR count). The van der Waals surface area contributed by atoms with E-state index in [2.05, 4.69) is 10.2 Å². The van der Waals surface area contributed by atoms with Gasteiger partial charge in [0.15, 0.2) is 0 Å². The van der Waals surface area contributed by atoms with E-state index in [0.717, 1.165) is 25.8 Å². The standard InChI is InChI=1S/C12H23N3O2S/c1-9(12(16)14-6-8-17-2)15-7-4-3-5-10(15)11(13)18/h9-10H,3-8H2,1-2H3,(H2,13,18)(H,14,16). The first-order valence-corrected chi connectivity index (χ1v) is 6.80. The Kier molecular flexibility index (Phi) is 6.52. The van der Waals surface area contributed by atoms with Crippen LogP contribution >= 0.6 is 12.2 Å². The molecule has 0 aromatic heterocycles. The number of carbonyl (C=O) groups excluding carboxylic acids is 1. The molecule has 0 spiro atoms. The number of hydrogen-bond donors (Lipinski definition) is 2. The third kappa shape index (κ3) is 4.19. The average molecular weight is 273 g/mol. The van der Waals surface area contributed by atoms with Gasteiger partial charge in [-0.1, -0.05) is 18.6 Å². The van der Waals surface area contributed by atoms with Crippen molar-refractivity contribution in [3.8, 4) is 0 Å². The normalized spacial score (nSPS) is 22.4. The number of carbonyl (C=O) groups is 1. The lowest BCUT2D eigenvalue weighted by molar-refractivity contribution is -0.126. The van der Waals surface area contributed by atoms with E-state index in [0.29, 0.717) is 18.1 Å². The van der Waals surface area contributed by atoms with Gasteiger partial charge in [-0.15, -0.1) is 0 Å². The molecule has 0 aromatic rings. The molecule has 1 aliphatic heterocycles. The third-order valence-electron chi connectivity index (χ3n) is 3.35. The zero-order valence-electron chi connectivity index (χ0n) is 11.1. The first-order valence-electron chi connectivity index (χ1n) is 6.39. The highest BCUT2D eigenvalue weighted by Crippen LogP contribution is 2.19. The minimum Gasteiger partial charge on any atom is -0.392 e. The molecule has 1 heterocycles. The number of hydrogen-bond acceptors (Lipinski definition) is 4. The van der Waals surface area contributed by atoms with Crippen molar-refractivity contribution >= 4 is 23.1 Å². The van der Waals surface area contributed by atoms with Crippen LogP contribution in [0.25, 0.3) is 0 Å². The molecule has 0 bridgehead atoms. The molecule has 2 unspecified atom stereocenters. The molecule has 6 heteroatoms. The Morgan fingerprint density at radius 2 is 2.33 bits per heavy atom. The molecule has 0 aromatic carbocycles. The molecule has 0 radical (unpaired) electrons. The molecule has 18 heavy (non-hydrogen) atoms. The van der Waals surface area contributed by atoms with Crippen molar-refractivity contribution in [3.05, 3.63) is 0 Å². The Balaban J connectivity index is 2.54. The Morgan fingerprint density at radius 1 is 1.61 bits per heavy atom. The number of likely N-dealkylation sites (tertiary alicyclic amines) is 1. The van der Waals surface area contributed by atoms with Crippen LogP contribution in [-0.4, -0.2) is 54.7 Å². The number of methoxy groups -OCH3 is 1. The smallest absolute Gasteiger partial charge is 0.237 e. The summed E-state index contributed by atoms with van der Waals surface area (Å²) in [4.78, 5) is 14.6. The number of thiocarbonyl (C=S) groups is 1. The summed E-state index contributed by atoms with van der Waals surface area (Å²) in [6.07, 6.45) is 3.16. The van der Waals surface area contributed by atoms with Crippen LogP contribution < -0.4 is 11.1 Å². The second-order valence-corrected chi connectivity index (χ2v) is 5.08. The summed E-state index contributed by atoms with van der Waals surface area (Å²) in [5, 5.41) is 2.85. The largest absolute Gasteiger partial charge is 0.392 e. The number of rotatable bonds is 6. The molecule has 1 aliphatic rings. The molecule has 5 nitrogen and oxygen atoms in total. The molecule has 104 valence electrons. The molecular formula is C12H23N3O2S. The van der Waals surface area contributed by atoms with Crippen LogP contribution in [0.15, 0.2) is 0 Å². The van der Waals surface area contributed by atoms with Crippen LogP contribution in [-0.2, 0) is 9.53 Å². The van der Waals surface area contributed by atoms with Gasteiger partial charge in [-0.25, -0.2) is 0 Å². The van der Waals surface area contributed by atoms with Crippen molar-refractivity contribution < 1.29 is 9.53 Å². The first-order chi connectivity index (χ1) is 8.57. The molecule has 0 aliphatic carbocycles. The summed E-state index contributed by atoms with van der Waals surface area (Å²) in [7, 11) is 1.61. The SMILES string of the molecule is COCCNC(=O)C(C)N1CCCCC1C(N)=S. The minimum absolute atomic E-state index is 0.00944. The van der Waals surface area contributed by atoms with E-state index in [9.17, 15) is 4.79 Å². The van der Waals surface area contributed by atoms with E-state index in [1.54, 1.807) is 7.11 Å². The maximum atomic E-state index is 12.0. The number of nitrogens with two attached hydrogens (primary N) is 1. The quantitative estimate of drug-likeness (QED) is 0.537. The Morgan fingerprint density at radius 3 is 2.94 bits per heavy atom. The molecular weight excluding hydrogens is 250 g/mol. The maximum Gasteiger partial charge on any atom is 0.237 e. The van der Waals surface area contributed by atoms with Crippen molar-refractivity contribution in [3.63, 3.8) is 0 Å². The predicted molar refractivity (Wildman–Crippen MR) is 75.5 cm³/mol. The van der Waals surface area contributed by atoms with Gasteiger partial charge in [0.1, 0.15) is 0 Å². The van der Waals surface area contributed by atoms with E-state index in [4.69, 9.17) is 22.7 Å². The number of piperidine rings is 1. The van der Waals surface area contributed by atoms with Crippen LogP contribution in [0.5, 0.6) is 0 Å². The Labute approximate surface area is 114 Å². The summed E-state index contributed by atoms with van der Waals surface area (Å²) in [5.41, 5.74) is 5.76. The lowest BCUT2D eigenvalue weighted by atomic mass is 10.00. The van der Waals surface area contributed by atoms with Crippen LogP contribution in [0.4, 0.5) is 0 Å². The molecule has 2 atom stereocenters. The number of nitrogens with one attached hydrogen (secondary N) is 1. The van der Waals surface area contributed by atoms with E-state index >= 15 is 0 Å². The first kappa shape index (κ1) is 15.3. The second kappa shape index (κ2) is 7.66. The predicted octanol–water partition coefficient (Wildman–Crippen LogP) is 0.278. The van der Waals surface area contributed by atoms with Gasteiger partial charge in [0.05, 0.1) is 23.7 Å². The Hall–Kier alpha value is -0.720. The van der Waals surface area contributed by atoms with Crippen LogP contribution in [0, 0.1) is 0 Å². The van der Waals surface area contributed by atoms with Crippen LogP contribution in [0.2, 0.25) is 0 Å². The Bertz CT molecular complexity index is 299. The lowest BCUT2D eigenvalue weighted by Gasteiger charge is -2.38. The van der Waals surface area contributed by atoms with Gasteiger partial charge in [0.25, 0.3) is 0 Å². The van der Waals surface area contributed by atoms with Crippen molar-refractivity contribution in [2.24, 2.45) is 5.73 Å². The molecule has 1 amide bonds. The fourth-order valence-electron chi connectivity index (χ4n) is 2.30. The second-order valence-electron chi connectivity index (χ2n) is 4.61. The number of amides is 1. The lowest BCUT2D eigenvalue weighted by Crippen LogP contribution is -2.55. The average Bonchev–Trinajstić information content (AvgIpc) is 2.38. The van der Waals surface area contributed by atoms with E-state index in [-0.39, 0.29) is 18.0 Å². The van der Waals surface area contributed by atoms with E-state index in [1.807, 2.05) is 6.92 Å². The van der Waals surface area contributed by atoms with Crippen molar-refractivity contribution in [2.45, 2.75) is 38.3 Å². The zero-order chi connectivity index (χ0) is 13.5. The summed E-state index contributed by atoms with van der Waals surface area (Å²) >= 11 is 5.09. The highest BCUT2D eigenvalue weighted by Gasteiger charge is 2.31. The van der Waals surface area contributed by atoms with Gasteiger partial charge in [-0.2, -0.15) is 0 Å². The maximum absolute atomic E-state index is 12.0. The molecule has 1 fully saturated rings. The van der Waals surface area contributed by atoms with Gasteiger partial charge < -0.3 is 15.8 Å². The highest BCUT2D eigenvalue weighted by atomic mass is 32.1. The number of ether oxygens (including phenoxy) is 1. The fourth-order valence-corrected chi connectivity index (χ4v) is 2.55. The van der Waals surface area contributed by atoms with Gasteiger partial charge in [0.2, 0.25) is 5.91 Å². The summed E-state index contributed by atoms with van der Waals surface area (Å²) in [6.45, 7) is 3.84. The molecule has 0 saturated carbocycles. The van der Waals surface area contributed by atoms with Crippen molar-refractivity contribution in [1.82, 2.24) is 10.2 Å². The van der Waals surface area contributed by atoms with Gasteiger partial charge in [-0.3, -0.25) is 9.69 Å². The monoisotopic (exact) mass is 273 g/mol. The fraction of sp³-hybridized carbons (Fsp3) is 0.833. The van der Waals surface area contributed by atoms with Gasteiger partial charge >= 0.3 is 0 Å². The summed E-state index contributed by atoms with van der Waals surface area (Å²) in [5.74, 6) is 0.00944. The van der Waals surface area contributed by atoms with Gasteiger partial charge in [0, 0.05) is 13.7 Å². The number of nitrogens with zero attached hydrogens (tertiary/aromatic N) is 1. The van der Waals surface area contributed by atoms with E-state index < -0.39 is 0 Å². The zero-order valence-corrected chi connectivity index (χ0v) is 12.0. The van der Waals surface area contributed by atoms with Gasteiger partial charge in [-0.05, 0) is 26.3 Å². The minimum atomic E-state index is -0.200. The topological polar surface area (TPSA) is 67.6 Å². The van der Waals surface area contributed by atoms with Crippen LogP contribution in [0.1, 0.15) is 26.2 Å². The highest BCUT2D eigenvalue weighted by molar-refractivity contribution is 7.80. The summed E-state index contributed by atoms with van der Waals surface area (Å²) < 4.78 is 4.91. The van der Waals surface area contributed by atoms with Crippen molar-refractivity contribution in [1.29, 1.82) is 0 Å². The third-order valence-corrected chi connectivity index (χ3v) is 3.63. The van der Waals surface area contributed by atoms with E-state index in [1.165, 1.54) is 0 Å². The van der Waals surface area contributed by atoms with Crippen molar-refractivity contribution in [2.75, 3.05) is 26.8 Å². The molecule has 1 saturated heterocycles. The molecule has 3 N–H and O–H groups in total.